The summed E-state index contributed by atoms with van der Waals surface area (Å²) < 4.78 is 5.45. The van der Waals surface area contributed by atoms with E-state index in [4.69, 9.17) is 4.74 Å². The summed E-state index contributed by atoms with van der Waals surface area (Å²) in [5.74, 6) is -0.374. The normalized spacial score (nSPS) is 15.0. The van der Waals surface area contributed by atoms with Crippen LogP contribution in [0.3, 0.4) is 0 Å². The van der Waals surface area contributed by atoms with Gasteiger partial charge in [0.1, 0.15) is 5.75 Å². The molecular weight excluding hydrogens is 454 g/mol. The molecule has 36 heavy (non-hydrogen) atoms. The maximum atomic E-state index is 13.1. The average molecular weight is 486 g/mol. The number of carbonyl (C=O) groups is 3. The fraction of sp³-hybridized carbons (Fsp3) is 0.276. The summed E-state index contributed by atoms with van der Waals surface area (Å²) in [6.45, 7) is 7.19. The topological polar surface area (TPSA) is 87.7 Å². The van der Waals surface area contributed by atoms with Crippen LogP contribution in [0.1, 0.15) is 40.4 Å². The maximum Gasteiger partial charge on any atom is 0.253 e. The summed E-state index contributed by atoms with van der Waals surface area (Å²) in [5, 5.41) is 5.77. The minimum atomic E-state index is -0.501. The zero-order valence-corrected chi connectivity index (χ0v) is 20.8. The Morgan fingerprint density at radius 3 is 2.47 bits per heavy atom. The van der Waals surface area contributed by atoms with Gasteiger partial charge in [-0.15, -0.1) is 0 Å². The van der Waals surface area contributed by atoms with Crippen LogP contribution >= 0.6 is 0 Å². The van der Waals surface area contributed by atoms with E-state index in [2.05, 4.69) is 10.6 Å². The molecule has 1 fully saturated rings. The molecule has 0 saturated carbocycles. The maximum absolute atomic E-state index is 13.1. The van der Waals surface area contributed by atoms with E-state index in [1.807, 2.05) is 63.2 Å². The minimum Gasteiger partial charge on any atom is -0.494 e. The van der Waals surface area contributed by atoms with Crippen LogP contribution < -0.4 is 20.3 Å². The molecule has 0 bridgehead atoms. The van der Waals surface area contributed by atoms with Gasteiger partial charge in [-0.1, -0.05) is 30.3 Å². The zero-order chi connectivity index (χ0) is 25.7. The lowest BCUT2D eigenvalue weighted by atomic mass is 10.1. The molecule has 0 radical (unpaired) electrons. The van der Waals surface area contributed by atoms with Crippen LogP contribution in [0.25, 0.3) is 0 Å². The third-order valence-corrected chi connectivity index (χ3v) is 6.41. The third kappa shape index (κ3) is 5.74. The number of benzene rings is 3. The van der Waals surface area contributed by atoms with Crippen molar-refractivity contribution in [3.8, 4) is 5.75 Å². The van der Waals surface area contributed by atoms with Gasteiger partial charge in [0.25, 0.3) is 5.91 Å². The van der Waals surface area contributed by atoms with Gasteiger partial charge in [-0.25, -0.2) is 0 Å². The van der Waals surface area contributed by atoms with Crippen LogP contribution in [0.15, 0.2) is 66.7 Å². The predicted octanol–water partition coefficient (Wildman–Crippen LogP) is 4.62. The molecule has 3 aromatic carbocycles. The van der Waals surface area contributed by atoms with Crippen molar-refractivity contribution in [1.29, 1.82) is 0 Å². The fourth-order valence-corrected chi connectivity index (χ4v) is 4.20. The highest BCUT2D eigenvalue weighted by Crippen LogP contribution is 2.28. The van der Waals surface area contributed by atoms with Crippen molar-refractivity contribution in [3.05, 3.63) is 89.0 Å². The van der Waals surface area contributed by atoms with Gasteiger partial charge in [-0.2, -0.15) is 0 Å². The largest absolute Gasteiger partial charge is 0.494 e. The first-order valence-electron chi connectivity index (χ1n) is 12.1. The van der Waals surface area contributed by atoms with Crippen molar-refractivity contribution in [1.82, 2.24) is 5.32 Å². The summed E-state index contributed by atoms with van der Waals surface area (Å²) in [5.41, 5.74) is 4.77. The molecule has 1 heterocycles. The van der Waals surface area contributed by atoms with E-state index in [-0.39, 0.29) is 24.1 Å². The molecule has 4 rings (SSSR count). The van der Waals surface area contributed by atoms with Gasteiger partial charge in [0.15, 0.2) is 0 Å². The molecule has 2 N–H and O–H groups in total. The Morgan fingerprint density at radius 2 is 1.75 bits per heavy atom. The van der Waals surface area contributed by atoms with Crippen molar-refractivity contribution in [2.45, 2.75) is 33.7 Å². The molecule has 1 aliphatic rings. The van der Waals surface area contributed by atoms with E-state index in [1.165, 1.54) is 0 Å². The number of hydrogen-bond acceptors (Lipinski definition) is 4. The van der Waals surface area contributed by atoms with E-state index in [0.29, 0.717) is 30.9 Å². The van der Waals surface area contributed by atoms with Crippen LogP contribution in [0.5, 0.6) is 5.75 Å². The number of ether oxygens (including phenoxy) is 1. The summed E-state index contributed by atoms with van der Waals surface area (Å²) in [6.07, 6.45) is 0.130. The van der Waals surface area contributed by atoms with Gasteiger partial charge in [-0.3, -0.25) is 14.4 Å². The van der Waals surface area contributed by atoms with Crippen LogP contribution in [0.4, 0.5) is 11.4 Å². The van der Waals surface area contributed by atoms with E-state index >= 15 is 0 Å². The Balaban J connectivity index is 1.39. The van der Waals surface area contributed by atoms with Crippen molar-refractivity contribution < 1.29 is 19.1 Å². The average Bonchev–Trinajstić information content (AvgIpc) is 3.27. The van der Waals surface area contributed by atoms with Gasteiger partial charge < -0.3 is 20.3 Å². The molecular formula is C29H31N3O4. The molecule has 7 nitrogen and oxygen atoms in total. The van der Waals surface area contributed by atoms with E-state index in [9.17, 15) is 14.4 Å². The number of hydrogen-bond donors (Lipinski definition) is 2. The smallest absolute Gasteiger partial charge is 0.253 e. The summed E-state index contributed by atoms with van der Waals surface area (Å²) in [6, 6.07) is 20.3. The summed E-state index contributed by atoms with van der Waals surface area (Å²) in [4.78, 5) is 40.3. The standard InChI is InChI=1S/C29H31N3O4/c1-4-36-24-13-10-21(11-14-24)17-30-29(35)25-7-5-6-8-26(25)31-28(34)22-16-27(33)32(18-22)23-12-9-19(2)20(3)15-23/h5-15,22H,4,16-18H2,1-3H3,(H,30,35)(H,31,34)/t22-/m1/s1. The lowest BCUT2D eigenvalue weighted by molar-refractivity contribution is -0.122. The number of rotatable bonds is 8. The zero-order valence-electron chi connectivity index (χ0n) is 20.8. The van der Waals surface area contributed by atoms with Gasteiger partial charge in [0.05, 0.1) is 23.8 Å². The van der Waals surface area contributed by atoms with Crippen molar-refractivity contribution >= 4 is 29.1 Å². The molecule has 1 saturated heterocycles. The first-order valence-corrected chi connectivity index (χ1v) is 12.1. The summed E-state index contributed by atoms with van der Waals surface area (Å²) in [7, 11) is 0. The second-order valence-electron chi connectivity index (χ2n) is 8.97. The van der Waals surface area contributed by atoms with Gasteiger partial charge >= 0.3 is 0 Å². The first kappa shape index (κ1) is 25.0. The predicted molar refractivity (Wildman–Crippen MR) is 140 cm³/mol. The molecule has 3 aromatic rings. The lowest BCUT2D eigenvalue weighted by Gasteiger charge is -2.18. The summed E-state index contributed by atoms with van der Waals surface area (Å²) >= 11 is 0. The van der Waals surface area contributed by atoms with Gasteiger partial charge in [0.2, 0.25) is 11.8 Å². The molecule has 7 heteroatoms. The van der Waals surface area contributed by atoms with Gasteiger partial charge in [-0.05, 0) is 73.9 Å². The number of anilines is 2. The van der Waals surface area contributed by atoms with Crippen molar-refractivity contribution in [3.63, 3.8) is 0 Å². The highest BCUT2D eigenvalue weighted by molar-refractivity contribution is 6.07. The highest BCUT2D eigenvalue weighted by Gasteiger charge is 2.35. The van der Waals surface area contributed by atoms with E-state index in [0.717, 1.165) is 28.1 Å². The quantitative estimate of drug-likeness (QED) is 0.487. The molecule has 0 unspecified atom stereocenters. The molecule has 1 aliphatic heterocycles. The Bertz CT molecular complexity index is 1270. The second kappa shape index (κ2) is 11.1. The lowest BCUT2D eigenvalue weighted by Crippen LogP contribution is -2.29. The highest BCUT2D eigenvalue weighted by atomic mass is 16.5. The van der Waals surface area contributed by atoms with E-state index in [1.54, 1.807) is 29.2 Å². The molecule has 3 amide bonds. The van der Waals surface area contributed by atoms with Crippen molar-refractivity contribution in [2.75, 3.05) is 23.4 Å². The number of nitrogens with one attached hydrogen (secondary N) is 2. The Kier molecular flexibility index (Phi) is 7.68. The molecule has 186 valence electrons. The van der Waals surface area contributed by atoms with Crippen LogP contribution in [0, 0.1) is 19.8 Å². The third-order valence-electron chi connectivity index (χ3n) is 6.41. The molecule has 0 aliphatic carbocycles. The number of aryl methyl sites for hydroxylation is 2. The Morgan fingerprint density at radius 1 is 1.00 bits per heavy atom. The Labute approximate surface area is 211 Å². The molecule has 0 aromatic heterocycles. The SMILES string of the molecule is CCOc1ccc(CNC(=O)c2ccccc2NC(=O)[C@@H]2CC(=O)N(c3ccc(C)c(C)c3)C2)cc1. The number of carbonyl (C=O) groups excluding carboxylic acids is 3. The second-order valence-corrected chi connectivity index (χ2v) is 8.97. The number of nitrogens with zero attached hydrogens (tertiary/aromatic N) is 1. The number of para-hydroxylation sites is 1. The Hall–Kier alpha value is -4.13. The fourth-order valence-electron chi connectivity index (χ4n) is 4.20. The van der Waals surface area contributed by atoms with Crippen LogP contribution in [0.2, 0.25) is 0 Å². The monoisotopic (exact) mass is 485 g/mol. The van der Waals surface area contributed by atoms with E-state index < -0.39 is 5.92 Å². The molecule has 1 atom stereocenters. The van der Waals surface area contributed by atoms with Crippen LogP contribution in [-0.2, 0) is 16.1 Å². The van der Waals surface area contributed by atoms with Crippen LogP contribution in [-0.4, -0.2) is 30.9 Å². The minimum absolute atomic E-state index is 0.0835. The van der Waals surface area contributed by atoms with Crippen molar-refractivity contribution in [2.24, 2.45) is 5.92 Å². The first-order chi connectivity index (χ1) is 17.4. The van der Waals surface area contributed by atoms with Gasteiger partial charge in [0, 0.05) is 25.2 Å². The number of amides is 3. The molecule has 0 spiro atoms.